The van der Waals surface area contributed by atoms with Crippen molar-refractivity contribution in [1.82, 2.24) is 9.97 Å². The van der Waals surface area contributed by atoms with Gasteiger partial charge in [-0.1, -0.05) is 158 Å². The van der Waals surface area contributed by atoms with Crippen LogP contribution in [0.4, 0.5) is 0 Å². The number of rotatable bonds is 5. The van der Waals surface area contributed by atoms with Crippen molar-refractivity contribution in [1.29, 1.82) is 0 Å². The lowest BCUT2D eigenvalue weighted by Gasteiger charge is -2.15. The SMILES string of the molecule is c1ccc(-c2cc(-c3ccccc3-c3cc4ccccc4o3)nc(-c3ccc(-c4c5ccccc5cc5c4ccc4ccccc45)cc3)n2)cc1. The van der Waals surface area contributed by atoms with Crippen LogP contribution >= 0.6 is 0 Å². The first-order valence-electron chi connectivity index (χ1n) is 17.2. The van der Waals surface area contributed by atoms with Crippen LogP contribution in [0, 0.1) is 0 Å². The second kappa shape index (κ2) is 11.9. The number of furan rings is 1. The Morgan fingerprint density at radius 2 is 1.00 bits per heavy atom. The van der Waals surface area contributed by atoms with Gasteiger partial charge in [-0.3, -0.25) is 0 Å². The van der Waals surface area contributed by atoms with Gasteiger partial charge in [0, 0.05) is 27.6 Å². The molecule has 0 fully saturated rings. The van der Waals surface area contributed by atoms with Gasteiger partial charge in [0.2, 0.25) is 0 Å². The molecule has 10 rings (SSSR count). The molecular weight excluding hydrogens is 621 g/mol. The van der Waals surface area contributed by atoms with E-state index in [0.717, 1.165) is 55.9 Å². The van der Waals surface area contributed by atoms with Gasteiger partial charge in [-0.15, -0.1) is 0 Å². The van der Waals surface area contributed by atoms with Crippen molar-refractivity contribution in [3.8, 4) is 56.4 Å². The number of fused-ring (bicyclic) bond motifs is 5. The van der Waals surface area contributed by atoms with Crippen LogP contribution in [0.15, 0.2) is 186 Å². The molecule has 8 aromatic carbocycles. The molecule has 0 amide bonds. The molecule has 2 aromatic heterocycles. The first-order chi connectivity index (χ1) is 25.3. The molecule has 0 radical (unpaired) electrons. The van der Waals surface area contributed by atoms with Gasteiger partial charge in [0.05, 0.1) is 11.4 Å². The highest BCUT2D eigenvalue weighted by molar-refractivity contribution is 6.20. The summed E-state index contributed by atoms with van der Waals surface area (Å²) >= 11 is 0. The highest BCUT2D eigenvalue weighted by atomic mass is 16.3. The lowest BCUT2D eigenvalue weighted by molar-refractivity contribution is 0.632. The summed E-state index contributed by atoms with van der Waals surface area (Å²) in [6, 6.07) is 63.8. The summed E-state index contributed by atoms with van der Waals surface area (Å²) in [4.78, 5) is 10.4. The summed E-state index contributed by atoms with van der Waals surface area (Å²) in [5, 5.41) is 8.55. The van der Waals surface area contributed by atoms with Gasteiger partial charge in [0.25, 0.3) is 0 Å². The molecule has 0 aliphatic heterocycles. The standard InChI is InChI=1S/C48H30N2O/c1-2-13-32(14-3-1)43-30-44(39-19-9-10-20-40(39)46-29-36-16-6-11-21-45(36)51-46)50-48(49-43)34-24-22-33(23-25-34)47-38-18-8-5-15-35(38)28-42-37-17-7-4-12-31(37)26-27-41(42)47/h1-30H. The zero-order valence-electron chi connectivity index (χ0n) is 27.6. The molecule has 10 aromatic rings. The summed E-state index contributed by atoms with van der Waals surface area (Å²) in [6.07, 6.45) is 0. The van der Waals surface area contributed by atoms with Crippen LogP contribution < -0.4 is 0 Å². The van der Waals surface area contributed by atoms with Crippen molar-refractivity contribution >= 4 is 43.3 Å². The van der Waals surface area contributed by atoms with Crippen LogP contribution in [0.5, 0.6) is 0 Å². The maximum absolute atomic E-state index is 6.34. The monoisotopic (exact) mass is 650 g/mol. The number of benzene rings is 8. The summed E-state index contributed by atoms with van der Waals surface area (Å²) in [7, 11) is 0. The Kier molecular flexibility index (Phi) is 6.81. The maximum Gasteiger partial charge on any atom is 0.160 e. The van der Waals surface area contributed by atoms with Gasteiger partial charge < -0.3 is 4.42 Å². The molecule has 0 saturated heterocycles. The molecule has 0 aliphatic rings. The average molecular weight is 651 g/mol. The van der Waals surface area contributed by atoms with E-state index in [1.54, 1.807) is 0 Å². The topological polar surface area (TPSA) is 38.9 Å². The fourth-order valence-corrected chi connectivity index (χ4v) is 7.42. The zero-order valence-corrected chi connectivity index (χ0v) is 27.6. The van der Waals surface area contributed by atoms with Crippen molar-refractivity contribution in [2.45, 2.75) is 0 Å². The van der Waals surface area contributed by atoms with E-state index in [0.29, 0.717) is 5.82 Å². The molecule has 0 saturated carbocycles. The predicted octanol–water partition coefficient (Wildman–Crippen LogP) is 13.0. The fraction of sp³-hybridized carbons (Fsp3) is 0. The van der Waals surface area contributed by atoms with Gasteiger partial charge in [0.15, 0.2) is 5.82 Å². The number of nitrogens with zero attached hydrogens (tertiary/aromatic N) is 2. The largest absolute Gasteiger partial charge is 0.456 e. The van der Waals surface area contributed by atoms with Gasteiger partial charge in [0.1, 0.15) is 11.3 Å². The van der Waals surface area contributed by atoms with Crippen molar-refractivity contribution in [2.75, 3.05) is 0 Å². The minimum Gasteiger partial charge on any atom is -0.456 e. The van der Waals surface area contributed by atoms with Crippen LogP contribution in [-0.4, -0.2) is 9.97 Å². The van der Waals surface area contributed by atoms with Gasteiger partial charge in [-0.2, -0.15) is 0 Å². The molecular formula is C48H30N2O. The molecule has 0 N–H and O–H groups in total. The smallest absolute Gasteiger partial charge is 0.160 e. The van der Waals surface area contributed by atoms with Crippen LogP contribution in [0.25, 0.3) is 99.6 Å². The second-order valence-corrected chi connectivity index (χ2v) is 13.0. The van der Waals surface area contributed by atoms with E-state index in [2.05, 4.69) is 140 Å². The quantitative estimate of drug-likeness (QED) is 0.137. The van der Waals surface area contributed by atoms with Gasteiger partial charge >= 0.3 is 0 Å². The average Bonchev–Trinajstić information content (AvgIpc) is 3.65. The van der Waals surface area contributed by atoms with Crippen LogP contribution in [0.1, 0.15) is 0 Å². The van der Waals surface area contributed by atoms with Gasteiger partial charge in [-0.05, 0) is 67.7 Å². The Bertz CT molecular complexity index is 2870. The van der Waals surface area contributed by atoms with Gasteiger partial charge in [-0.25, -0.2) is 9.97 Å². The highest BCUT2D eigenvalue weighted by Gasteiger charge is 2.17. The molecule has 0 aliphatic carbocycles. The molecule has 3 heteroatoms. The summed E-state index contributed by atoms with van der Waals surface area (Å²) in [6.45, 7) is 0. The second-order valence-electron chi connectivity index (χ2n) is 13.0. The van der Waals surface area contributed by atoms with E-state index < -0.39 is 0 Å². The Morgan fingerprint density at radius 3 is 1.82 bits per heavy atom. The van der Waals surface area contributed by atoms with Crippen LogP contribution in [0.3, 0.4) is 0 Å². The number of hydrogen-bond donors (Lipinski definition) is 0. The van der Waals surface area contributed by atoms with E-state index in [1.165, 1.54) is 37.9 Å². The van der Waals surface area contributed by atoms with E-state index in [1.807, 2.05) is 42.5 Å². The van der Waals surface area contributed by atoms with Crippen molar-refractivity contribution in [3.05, 3.63) is 182 Å². The van der Waals surface area contributed by atoms with Crippen molar-refractivity contribution in [3.63, 3.8) is 0 Å². The highest BCUT2D eigenvalue weighted by Crippen LogP contribution is 2.41. The van der Waals surface area contributed by atoms with E-state index in [4.69, 9.17) is 14.4 Å². The lowest BCUT2D eigenvalue weighted by Crippen LogP contribution is -1.97. The Labute approximate surface area is 295 Å². The van der Waals surface area contributed by atoms with Crippen molar-refractivity contribution in [2.24, 2.45) is 0 Å². The third-order valence-electron chi connectivity index (χ3n) is 9.89. The molecule has 0 unspecified atom stereocenters. The molecule has 0 bridgehead atoms. The van der Waals surface area contributed by atoms with E-state index in [9.17, 15) is 0 Å². The fourth-order valence-electron chi connectivity index (χ4n) is 7.42. The summed E-state index contributed by atoms with van der Waals surface area (Å²) in [5.74, 6) is 1.48. The number of hydrogen-bond acceptors (Lipinski definition) is 3. The van der Waals surface area contributed by atoms with Crippen LogP contribution in [-0.2, 0) is 0 Å². The maximum atomic E-state index is 6.34. The minimum atomic E-state index is 0.672. The first-order valence-corrected chi connectivity index (χ1v) is 17.2. The summed E-state index contributed by atoms with van der Waals surface area (Å²) in [5.41, 5.74) is 8.93. The third-order valence-corrected chi connectivity index (χ3v) is 9.89. The first kappa shape index (κ1) is 29.1. The molecule has 238 valence electrons. The minimum absolute atomic E-state index is 0.672. The Hall–Kier alpha value is -6.84. The Balaban J connectivity index is 1.13. The summed E-state index contributed by atoms with van der Waals surface area (Å²) < 4.78 is 6.34. The van der Waals surface area contributed by atoms with E-state index in [-0.39, 0.29) is 0 Å². The van der Waals surface area contributed by atoms with Crippen LogP contribution in [0.2, 0.25) is 0 Å². The molecule has 2 heterocycles. The van der Waals surface area contributed by atoms with Crippen molar-refractivity contribution < 1.29 is 4.42 Å². The number of para-hydroxylation sites is 1. The molecule has 0 atom stereocenters. The predicted molar refractivity (Wildman–Crippen MR) is 212 cm³/mol. The molecule has 51 heavy (non-hydrogen) atoms. The molecule has 0 spiro atoms. The third kappa shape index (κ3) is 5.06. The number of aromatic nitrogens is 2. The lowest BCUT2D eigenvalue weighted by atomic mass is 9.89. The van der Waals surface area contributed by atoms with E-state index >= 15 is 0 Å². The zero-order chi connectivity index (χ0) is 33.7. The molecule has 3 nitrogen and oxygen atoms in total. The Morgan fingerprint density at radius 1 is 0.353 bits per heavy atom. The normalized spacial score (nSPS) is 11.5.